The summed E-state index contributed by atoms with van der Waals surface area (Å²) in [5, 5.41) is 9.88. The third-order valence-corrected chi connectivity index (χ3v) is 3.93. The number of rotatable bonds is 6. The Kier molecular flexibility index (Phi) is 6.40. The van der Waals surface area contributed by atoms with E-state index in [1.165, 1.54) is 0 Å². The van der Waals surface area contributed by atoms with Crippen molar-refractivity contribution in [2.75, 3.05) is 39.3 Å². The smallest absolute Gasteiger partial charge is 0.315 e. The summed E-state index contributed by atoms with van der Waals surface area (Å²) in [4.78, 5) is 27.2. The lowest BCUT2D eigenvalue weighted by Gasteiger charge is -2.34. The van der Waals surface area contributed by atoms with E-state index >= 15 is 0 Å². The highest BCUT2D eigenvalue weighted by atomic mass is 16.2. The molecule has 0 saturated carbocycles. The number of hydrogen-bond acceptors (Lipinski definition) is 4. The van der Waals surface area contributed by atoms with Crippen molar-refractivity contribution in [3.05, 3.63) is 18.5 Å². The number of piperazine rings is 1. The van der Waals surface area contributed by atoms with Crippen molar-refractivity contribution in [3.63, 3.8) is 0 Å². The standard InChI is InChI=1S/C15H26N6O2/c1-13(12-21-6-3-4-17-21)18-15(23)16-5-7-19-8-10-20(11-9-19)14(2)22/h3-4,6,13H,5,7-12H2,1-2H3,(H2,16,18,23)/t13-/m1/s1. The van der Waals surface area contributed by atoms with Crippen LogP contribution in [-0.4, -0.2) is 76.8 Å². The molecule has 0 aliphatic carbocycles. The van der Waals surface area contributed by atoms with E-state index in [1.807, 2.05) is 24.1 Å². The van der Waals surface area contributed by atoms with Crippen LogP contribution in [0.3, 0.4) is 0 Å². The molecular weight excluding hydrogens is 296 g/mol. The van der Waals surface area contributed by atoms with Crippen LogP contribution in [0.25, 0.3) is 0 Å². The van der Waals surface area contributed by atoms with Crippen LogP contribution in [0.15, 0.2) is 18.5 Å². The second-order valence-electron chi connectivity index (χ2n) is 5.88. The zero-order valence-electron chi connectivity index (χ0n) is 13.9. The van der Waals surface area contributed by atoms with Crippen molar-refractivity contribution < 1.29 is 9.59 Å². The van der Waals surface area contributed by atoms with E-state index in [-0.39, 0.29) is 18.0 Å². The van der Waals surface area contributed by atoms with Gasteiger partial charge in [0, 0.05) is 64.6 Å². The number of hydrogen-bond donors (Lipinski definition) is 2. The number of carbonyl (C=O) groups excluding carboxylic acids is 2. The van der Waals surface area contributed by atoms with Crippen molar-refractivity contribution in [2.45, 2.75) is 26.4 Å². The molecule has 1 fully saturated rings. The quantitative estimate of drug-likeness (QED) is 0.756. The Morgan fingerprint density at radius 1 is 1.26 bits per heavy atom. The average molecular weight is 322 g/mol. The lowest BCUT2D eigenvalue weighted by molar-refractivity contribution is -0.130. The van der Waals surface area contributed by atoms with E-state index in [1.54, 1.807) is 17.8 Å². The number of aromatic nitrogens is 2. The predicted octanol–water partition coefficient (Wildman–Crippen LogP) is -0.265. The largest absolute Gasteiger partial charge is 0.340 e. The fourth-order valence-corrected chi connectivity index (χ4v) is 2.62. The Morgan fingerprint density at radius 3 is 2.61 bits per heavy atom. The molecular formula is C15H26N6O2. The summed E-state index contributed by atoms with van der Waals surface area (Å²) in [5.41, 5.74) is 0. The Morgan fingerprint density at radius 2 is 2.00 bits per heavy atom. The molecule has 0 spiro atoms. The van der Waals surface area contributed by atoms with Crippen molar-refractivity contribution >= 4 is 11.9 Å². The van der Waals surface area contributed by atoms with Gasteiger partial charge >= 0.3 is 6.03 Å². The molecule has 1 saturated heterocycles. The fourth-order valence-electron chi connectivity index (χ4n) is 2.62. The molecule has 1 aromatic rings. The van der Waals surface area contributed by atoms with Crippen LogP contribution in [0.1, 0.15) is 13.8 Å². The van der Waals surface area contributed by atoms with Crippen molar-refractivity contribution in [3.8, 4) is 0 Å². The monoisotopic (exact) mass is 322 g/mol. The summed E-state index contributed by atoms with van der Waals surface area (Å²) in [6, 6.07) is 1.71. The molecule has 2 N–H and O–H groups in total. The van der Waals surface area contributed by atoms with Crippen LogP contribution in [-0.2, 0) is 11.3 Å². The highest BCUT2D eigenvalue weighted by Crippen LogP contribution is 2.00. The normalized spacial score (nSPS) is 16.9. The van der Waals surface area contributed by atoms with E-state index in [0.29, 0.717) is 13.1 Å². The van der Waals surface area contributed by atoms with Crippen LogP contribution in [0.5, 0.6) is 0 Å². The molecule has 1 atom stereocenters. The average Bonchev–Trinajstić information content (AvgIpc) is 3.00. The maximum absolute atomic E-state index is 11.8. The van der Waals surface area contributed by atoms with Crippen LogP contribution < -0.4 is 10.6 Å². The first-order valence-electron chi connectivity index (χ1n) is 8.04. The van der Waals surface area contributed by atoms with Gasteiger partial charge in [0.1, 0.15) is 0 Å². The predicted molar refractivity (Wildman–Crippen MR) is 86.9 cm³/mol. The summed E-state index contributed by atoms with van der Waals surface area (Å²) >= 11 is 0. The summed E-state index contributed by atoms with van der Waals surface area (Å²) in [7, 11) is 0. The van der Waals surface area contributed by atoms with Gasteiger partial charge in [0.25, 0.3) is 0 Å². The molecule has 1 aromatic heterocycles. The maximum Gasteiger partial charge on any atom is 0.315 e. The Hall–Kier alpha value is -2.09. The second-order valence-corrected chi connectivity index (χ2v) is 5.88. The Bertz CT molecular complexity index is 496. The minimum atomic E-state index is -0.160. The summed E-state index contributed by atoms with van der Waals surface area (Å²) in [5.74, 6) is 0.133. The Balaban J connectivity index is 1.57. The summed E-state index contributed by atoms with van der Waals surface area (Å²) in [6.07, 6.45) is 3.59. The summed E-state index contributed by atoms with van der Waals surface area (Å²) < 4.78 is 1.79. The van der Waals surface area contributed by atoms with Gasteiger partial charge in [-0.1, -0.05) is 0 Å². The van der Waals surface area contributed by atoms with E-state index in [4.69, 9.17) is 0 Å². The zero-order valence-corrected chi connectivity index (χ0v) is 13.9. The maximum atomic E-state index is 11.8. The van der Waals surface area contributed by atoms with Crippen LogP contribution in [0, 0.1) is 0 Å². The third kappa shape index (κ3) is 5.90. The zero-order chi connectivity index (χ0) is 16.7. The number of nitrogens with one attached hydrogen (secondary N) is 2. The van der Waals surface area contributed by atoms with Gasteiger partial charge in [0.05, 0.1) is 6.54 Å². The van der Waals surface area contributed by atoms with E-state index in [0.717, 1.165) is 32.7 Å². The molecule has 8 heteroatoms. The minimum absolute atomic E-state index is 0.00834. The first kappa shape index (κ1) is 17.3. The van der Waals surface area contributed by atoms with Crippen LogP contribution in [0.2, 0.25) is 0 Å². The van der Waals surface area contributed by atoms with Crippen LogP contribution in [0.4, 0.5) is 4.79 Å². The highest BCUT2D eigenvalue weighted by molar-refractivity contribution is 5.74. The number of amides is 3. The third-order valence-electron chi connectivity index (χ3n) is 3.93. The number of urea groups is 1. The molecule has 0 aromatic carbocycles. The molecule has 0 unspecified atom stereocenters. The van der Waals surface area contributed by atoms with Gasteiger partial charge in [0.2, 0.25) is 5.91 Å². The highest BCUT2D eigenvalue weighted by Gasteiger charge is 2.18. The van der Waals surface area contributed by atoms with Gasteiger partial charge in [-0.05, 0) is 13.0 Å². The number of carbonyl (C=O) groups is 2. The van der Waals surface area contributed by atoms with E-state index in [2.05, 4.69) is 20.6 Å². The van der Waals surface area contributed by atoms with E-state index in [9.17, 15) is 9.59 Å². The fraction of sp³-hybridized carbons (Fsp3) is 0.667. The van der Waals surface area contributed by atoms with Gasteiger partial charge in [-0.25, -0.2) is 4.79 Å². The minimum Gasteiger partial charge on any atom is -0.340 e. The Labute approximate surface area is 136 Å². The van der Waals surface area contributed by atoms with E-state index < -0.39 is 0 Å². The van der Waals surface area contributed by atoms with Crippen molar-refractivity contribution in [2.24, 2.45) is 0 Å². The molecule has 23 heavy (non-hydrogen) atoms. The van der Waals surface area contributed by atoms with Gasteiger partial charge in [0.15, 0.2) is 0 Å². The lowest BCUT2D eigenvalue weighted by atomic mass is 10.3. The van der Waals surface area contributed by atoms with Gasteiger partial charge in [-0.15, -0.1) is 0 Å². The molecule has 1 aliphatic rings. The van der Waals surface area contributed by atoms with Crippen LogP contribution >= 0.6 is 0 Å². The van der Waals surface area contributed by atoms with Crippen molar-refractivity contribution in [1.29, 1.82) is 0 Å². The molecule has 128 valence electrons. The molecule has 0 radical (unpaired) electrons. The summed E-state index contributed by atoms with van der Waals surface area (Å²) in [6.45, 7) is 8.84. The van der Waals surface area contributed by atoms with Gasteiger partial charge < -0.3 is 15.5 Å². The lowest BCUT2D eigenvalue weighted by Crippen LogP contribution is -2.50. The second kappa shape index (κ2) is 8.52. The molecule has 1 aliphatic heterocycles. The molecule has 2 rings (SSSR count). The van der Waals surface area contributed by atoms with Gasteiger partial charge in [-0.2, -0.15) is 5.10 Å². The first-order chi connectivity index (χ1) is 11.0. The molecule has 0 bridgehead atoms. The van der Waals surface area contributed by atoms with Gasteiger partial charge in [-0.3, -0.25) is 14.4 Å². The molecule has 2 heterocycles. The SMILES string of the molecule is CC(=O)N1CCN(CCNC(=O)N[C@H](C)Cn2cccn2)CC1. The molecule has 8 nitrogen and oxygen atoms in total. The first-order valence-corrected chi connectivity index (χ1v) is 8.04. The molecule has 3 amide bonds. The number of nitrogens with zero attached hydrogens (tertiary/aromatic N) is 4. The topological polar surface area (TPSA) is 82.5 Å². The van der Waals surface area contributed by atoms with Crippen molar-refractivity contribution in [1.82, 2.24) is 30.2 Å².